The second kappa shape index (κ2) is 62.6. The lowest BCUT2D eigenvalue weighted by Crippen LogP contribution is -2.37. The summed E-state index contributed by atoms with van der Waals surface area (Å²) in [5.41, 5.74) is 9.00. The van der Waals surface area contributed by atoms with E-state index >= 15 is 0 Å². The number of carbonyl (C=O) groups is 1. The highest BCUT2D eigenvalue weighted by Gasteiger charge is 2.55. The van der Waals surface area contributed by atoms with E-state index < -0.39 is 5.60 Å². The van der Waals surface area contributed by atoms with Crippen LogP contribution in [0, 0.1) is 41.4 Å². The zero-order valence-electron chi connectivity index (χ0n) is 90.6. The van der Waals surface area contributed by atoms with Crippen molar-refractivity contribution in [2.75, 3.05) is 26.9 Å². The van der Waals surface area contributed by atoms with Gasteiger partial charge in [-0.15, -0.1) is 0 Å². The number of fused-ring (bicyclic) bond motifs is 5. The summed E-state index contributed by atoms with van der Waals surface area (Å²) in [5, 5.41) is 0. The number of rotatable bonds is 43. The average molecular weight is 1880 g/mol. The topological polar surface area (TPSA) is 137 Å². The van der Waals surface area contributed by atoms with Gasteiger partial charge in [0.1, 0.15) is 51.4 Å². The highest BCUT2D eigenvalue weighted by Crippen LogP contribution is 2.60. The van der Waals surface area contributed by atoms with Gasteiger partial charge in [-0.3, -0.25) is 0 Å². The molecule has 5 aliphatic carbocycles. The van der Waals surface area contributed by atoms with Gasteiger partial charge in [-0.2, -0.15) is 0 Å². The molecular formula is C122H190O14. The normalized spacial score (nSPS) is 19.5. The molecule has 0 saturated heterocycles. The summed E-state index contributed by atoms with van der Waals surface area (Å²) in [6, 6.07) is 58.5. The van der Waals surface area contributed by atoms with Crippen LogP contribution in [-0.2, 0) is 33.2 Å². The van der Waals surface area contributed by atoms with E-state index in [4.69, 9.17) is 61.6 Å². The first-order valence-corrected chi connectivity index (χ1v) is 53.6. The maximum absolute atomic E-state index is 11.5. The Morgan fingerprint density at radius 2 is 0.684 bits per heavy atom. The van der Waals surface area contributed by atoms with Gasteiger partial charge in [0.05, 0.1) is 18.8 Å². The second-order valence-electron chi connectivity index (χ2n) is 41.8. The minimum Gasteiger partial charge on any atom is -0.488 e. The van der Waals surface area contributed by atoms with Gasteiger partial charge in [0.25, 0.3) is 0 Å². The summed E-state index contributed by atoms with van der Waals surface area (Å²) in [6.45, 7) is 61.0. The Hall–Kier alpha value is -7.59. The van der Waals surface area contributed by atoms with Crippen molar-refractivity contribution in [3.63, 3.8) is 0 Å². The van der Waals surface area contributed by atoms with E-state index in [0.717, 1.165) is 96.4 Å². The lowest BCUT2D eigenvalue weighted by molar-refractivity contribution is -0.162. The quantitative estimate of drug-likeness (QED) is 0.0265. The maximum atomic E-state index is 11.5. The maximum Gasteiger partial charge on any atom is 0.344 e. The summed E-state index contributed by atoms with van der Waals surface area (Å²) in [6.07, 6.45) is 30.6. The highest BCUT2D eigenvalue weighted by atomic mass is 16.7. The highest BCUT2D eigenvalue weighted by molar-refractivity contribution is 5.71. The summed E-state index contributed by atoms with van der Waals surface area (Å²) >= 11 is 0. The molecule has 0 heterocycles. The van der Waals surface area contributed by atoms with Crippen molar-refractivity contribution in [1.29, 1.82) is 0 Å². The number of hydrogen-bond acceptors (Lipinski definition) is 14. The fourth-order valence-corrected chi connectivity index (χ4v) is 18.3. The molecule has 14 heteroatoms. The SMILES string of the molecule is CCC(C)c1ccc(OC(C)(C)CC)cc1.CCC(C)c1ccc(OC(C)OC2CCCCC2)cc1.CCC(C)c1ccc(OC(C)OCCC2CCCCC2)cc1.CCC(C)c1ccc(OC(OC)C(C)C)cc1.CCC(C)c1ccc(OC(OC2CC3CC2C2CCCC32)C(C)C)cc1.CCC(C)c1ccc(OCC(=O)OC(C)(C)C)cc1.CCOC(C)Oc1ccc(C(C)CC)cc1. The third-order valence-electron chi connectivity index (χ3n) is 28.8. The molecule has 0 aliphatic heterocycles. The Balaban J connectivity index is 0.000000245. The molecule has 14 nitrogen and oxygen atoms in total. The van der Waals surface area contributed by atoms with E-state index in [9.17, 15) is 4.79 Å². The van der Waals surface area contributed by atoms with Crippen molar-refractivity contribution < 1.29 is 66.4 Å². The summed E-state index contributed by atoms with van der Waals surface area (Å²) in [7, 11) is 1.68. The molecule has 5 aliphatic rings. The smallest absolute Gasteiger partial charge is 0.344 e. The molecule has 12 rings (SSSR count). The molecule has 2 bridgehead atoms. The van der Waals surface area contributed by atoms with E-state index in [1.807, 2.05) is 97.0 Å². The molecule has 0 radical (unpaired) electrons. The van der Waals surface area contributed by atoms with Crippen LogP contribution in [0.4, 0.5) is 0 Å². The third-order valence-corrected chi connectivity index (χ3v) is 28.8. The molecule has 17 unspecified atom stereocenters. The van der Waals surface area contributed by atoms with E-state index in [1.54, 1.807) is 7.11 Å². The van der Waals surface area contributed by atoms with Crippen molar-refractivity contribution in [1.82, 2.24) is 0 Å². The molecule has 0 N–H and O–H groups in total. The van der Waals surface area contributed by atoms with E-state index in [-0.39, 0.29) is 49.6 Å². The van der Waals surface area contributed by atoms with Crippen LogP contribution in [0.2, 0.25) is 0 Å². The number of carbonyl (C=O) groups excluding carboxylic acids is 1. The average Bonchev–Trinajstić information content (AvgIpc) is 1.59. The molecule has 762 valence electrons. The zero-order chi connectivity index (χ0) is 99.9. The van der Waals surface area contributed by atoms with Crippen LogP contribution < -0.4 is 33.2 Å². The van der Waals surface area contributed by atoms with Crippen LogP contribution >= 0.6 is 0 Å². The zero-order valence-corrected chi connectivity index (χ0v) is 90.6. The standard InChI is InChI=1S/C24H36O2.C20H32O2.C18H28O2.C16H24O3.C15H24O2.C15H24O.C14H22O2/c1-5-16(4)17-9-11-19(12-10-17)25-24(15(2)3)26-23-14-18-13-22(23)21-8-6-7-20(18)21;1-4-16(2)19-10-12-20(13-11-19)22-17(3)21-15-14-18-8-6-5-7-9-18;1-4-14(2)16-10-12-18(13-11-16)20-15(3)19-17-8-6-5-7-9-17;1-6-12(2)13-7-9-14(10-8-13)18-11-15(17)19-16(3,4)5;1-6-12(4)13-7-9-14(10-8-13)17-15(16-5)11(2)3;1-6-12(3)13-8-10-14(11-9-13)16-15(4,5)7-2;1-5-11(3)13-7-9-14(10-8-13)16-12(4)15-6-2/h9-12,15-16,18,20-24H,5-8,13-14H2,1-4H3;10-13,16-18H,4-9,14-15H2,1-3H3;10-15,17H,4-9H2,1-3H3;7-10,12H,6,11H2,1-5H3;7-12,15H,6H2,1-5H3;8-12H,6-7H2,1-5H3;7-12H,5-6H2,1-4H3. The van der Waals surface area contributed by atoms with Gasteiger partial charge in [-0.05, 0) is 354 Å². The van der Waals surface area contributed by atoms with Gasteiger partial charge in [0, 0.05) is 25.6 Å². The Bertz CT molecular complexity index is 4220. The van der Waals surface area contributed by atoms with Crippen LogP contribution in [0.25, 0.3) is 0 Å². The fourth-order valence-electron chi connectivity index (χ4n) is 18.3. The largest absolute Gasteiger partial charge is 0.488 e. The Morgan fingerprint density at radius 3 is 1.04 bits per heavy atom. The first-order chi connectivity index (χ1) is 65.0. The Morgan fingerprint density at radius 1 is 0.346 bits per heavy atom. The molecule has 5 fully saturated rings. The molecule has 7 aromatic carbocycles. The van der Waals surface area contributed by atoms with Crippen LogP contribution in [-0.4, -0.2) is 87.8 Å². The molecule has 0 aromatic heterocycles. The predicted molar refractivity (Wildman–Crippen MR) is 567 cm³/mol. The number of ether oxygens (including phenoxy) is 13. The molecule has 136 heavy (non-hydrogen) atoms. The van der Waals surface area contributed by atoms with Crippen LogP contribution in [0.3, 0.4) is 0 Å². The summed E-state index contributed by atoms with van der Waals surface area (Å²) < 4.78 is 74.9. The molecule has 0 spiro atoms. The van der Waals surface area contributed by atoms with Crippen molar-refractivity contribution >= 4 is 5.97 Å². The van der Waals surface area contributed by atoms with E-state index in [1.165, 1.54) is 167 Å². The number of esters is 1. The number of methoxy groups -OCH3 is 1. The van der Waals surface area contributed by atoms with Crippen LogP contribution in [0.5, 0.6) is 40.2 Å². The molecule has 5 saturated carbocycles. The van der Waals surface area contributed by atoms with E-state index in [2.05, 4.69) is 267 Å². The molecular weight excluding hydrogens is 1690 g/mol. The lowest BCUT2D eigenvalue weighted by Gasteiger charge is -2.35. The second-order valence-corrected chi connectivity index (χ2v) is 41.8. The third kappa shape index (κ3) is 42.8. The van der Waals surface area contributed by atoms with Crippen molar-refractivity contribution in [2.45, 2.75) is 444 Å². The summed E-state index contributed by atoms with van der Waals surface area (Å²) in [5.74, 6) is 15.3. The van der Waals surface area contributed by atoms with Gasteiger partial charge >= 0.3 is 5.97 Å². The van der Waals surface area contributed by atoms with Crippen molar-refractivity contribution in [3.8, 4) is 40.2 Å². The van der Waals surface area contributed by atoms with Gasteiger partial charge < -0.3 is 61.6 Å². The Labute approximate surface area is 829 Å². The first kappa shape index (κ1) is 117. The Kier molecular flexibility index (Phi) is 53.9. The lowest BCUT2D eigenvalue weighted by atomic mass is 9.80. The monoisotopic (exact) mass is 1880 g/mol. The van der Waals surface area contributed by atoms with Gasteiger partial charge in [0.2, 0.25) is 12.6 Å². The van der Waals surface area contributed by atoms with Gasteiger partial charge in [0.15, 0.2) is 25.5 Å². The fraction of sp³-hybridized carbons (Fsp3) is 0.648. The molecule has 17 atom stereocenters. The van der Waals surface area contributed by atoms with Gasteiger partial charge in [-0.25, -0.2) is 4.79 Å². The number of hydrogen-bond donors (Lipinski definition) is 0. The minimum atomic E-state index is -0.471. The van der Waals surface area contributed by atoms with Gasteiger partial charge in [-0.1, -0.05) is 274 Å². The number of benzene rings is 7. The molecule has 7 aromatic rings. The predicted octanol–water partition coefficient (Wildman–Crippen LogP) is 34.4. The van der Waals surface area contributed by atoms with Crippen molar-refractivity contribution in [3.05, 3.63) is 209 Å². The first-order valence-electron chi connectivity index (χ1n) is 53.6. The van der Waals surface area contributed by atoms with E-state index in [0.29, 0.717) is 77.8 Å². The molecule has 0 amide bonds. The minimum absolute atomic E-state index is 0.0556. The van der Waals surface area contributed by atoms with Crippen molar-refractivity contribution in [2.24, 2.45) is 41.4 Å². The summed E-state index contributed by atoms with van der Waals surface area (Å²) in [4.78, 5) is 11.5. The van der Waals surface area contributed by atoms with Crippen LogP contribution in [0.15, 0.2) is 170 Å². The van der Waals surface area contributed by atoms with Crippen LogP contribution in [0.1, 0.15) is 428 Å².